The lowest BCUT2D eigenvalue weighted by Crippen LogP contribution is -2.12. The van der Waals surface area contributed by atoms with Crippen molar-refractivity contribution in [3.8, 4) is 0 Å². The molecule has 0 amide bonds. The number of nitrogens with zero attached hydrogens (tertiary/aromatic N) is 2. The molecule has 0 saturated heterocycles. The fourth-order valence-electron chi connectivity index (χ4n) is 1.36. The van der Waals surface area contributed by atoms with Gasteiger partial charge in [-0.1, -0.05) is 17.7 Å². The van der Waals surface area contributed by atoms with Gasteiger partial charge >= 0.3 is 0 Å². The quantitative estimate of drug-likeness (QED) is 0.778. The van der Waals surface area contributed by atoms with Gasteiger partial charge in [0.25, 0.3) is 5.56 Å². The van der Waals surface area contributed by atoms with Crippen LogP contribution < -0.4 is 5.56 Å². The van der Waals surface area contributed by atoms with Crippen LogP contribution in [0.15, 0.2) is 44.5 Å². The summed E-state index contributed by atoms with van der Waals surface area (Å²) in [4.78, 5) is 17.1. The van der Waals surface area contributed by atoms with E-state index in [4.69, 9.17) is 11.6 Å². The first kappa shape index (κ1) is 14.6. The topological polar surface area (TPSA) is 34.4 Å². The molecule has 2 aromatic rings. The first-order chi connectivity index (χ1) is 9.19. The molecule has 0 aliphatic carbocycles. The van der Waals surface area contributed by atoms with Crippen LogP contribution >= 0.6 is 46.2 Å². The van der Waals surface area contributed by atoms with Crippen molar-refractivity contribution in [2.45, 2.75) is 6.54 Å². The summed E-state index contributed by atoms with van der Waals surface area (Å²) in [5, 5.41) is 3.94. The third-order valence-electron chi connectivity index (χ3n) is 2.14. The van der Waals surface area contributed by atoms with Gasteiger partial charge in [0.05, 0.1) is 12.2 Å². The summed E-state index contributed by atoms with van der Waals surface area (Å²) >= 11 is 10.2. The molecule has 3 nitrogen and oxygen atoms in total. The van der Waals surface area contributed by atoms with Crippen molar-refractivity contribution >= 4 is 52.4 Å². The fraction of sp³-hybridized carbons (Fsp3) is 0.167. The van der Waals surface area contributed by atoms with Gasteiger partial charge in [0.1, 0.15) is 4.34 Å². The van der Waals surface area contributed by atoms with Crippen molar-refractivity contribution in [3.63, 3.8) is 0 Å². The Labute approximate surface area is 128 Å². The van der Waals surface area contributed by atoms with Crippen molar-refractivity contribution in [2.24, 2.45) is 4.99 Å². The van der Waals surface area contributed by atoms with Crippen molar-refractivity contribution in [1.29, 1.82) is 0 Å². The monoisotopic (exact) mass is 330 g/mol. The third-order valence-corrected chi connectivity index (χ3v) is 4.59. The molecule has 0 aromatic carbocycles. The second-order valence-corrected chi connectivity index (χ2v) is 6.91. The molecule has 0 saturated carbocycles. The van der Waals surface area contributed by atoms with Crippen LogP contribution in [0.25, 0.3) is 0 Å². The van der Waals surface area contributed by atoms with E-state index in [1.165, 1.54) is 17.6 Å². The fourth-order valence-corrected chi connectivity index (χ4v) is 3.40. The van der Waals surface area contributed by atoms with Crippen LogP contribution in [0, 0.1) is 0 Å². The average Bonchev–Trinajstić information content (AvgIpc) is 2.97. The molecule has 2 heterocycles. The van der Waals surface area contributed by atoms with E-state index in [0.717, 1.165) is 10.6 Å². The Balaban J connectivity index is 2.15. The Kier molecular flexibility index (Phi) is 5.45. The Morgan fingerprint density at radius 1 is 1.63 bits per heavy atom. The Hall–Kier alpha value is -0.820. The summed E-state index contributed by atoms with van der Waals surface area (Å²) in [5.41, 5.74) is 0.745. The summed E-state index contributed by atoms with van der Waals surface area (Å²) in [6, 6.07) is 5.40. The third kappa shape index (κ3) is 4.35. The Morgan fingerprint density at radius 2 is 2.47 bits per heavy atom. The molecule has 100 valence electrons. The number of thiophene rings is 1. The number of rotatable bonds is 5. The molecule has 2 rings (SSSR count). The minimum absolute atomic E-state index is 0.0895. The van der Waals surface area contributed by atoms with Gasteiger partial charge in [-0.2, -0.15) is 0 Å². The highest BCUT2D eigenvalue weighted by Crippen LogP contribution is 2.16. The standard InChI is InChI=1S/C12H11ClN2OS3/c1-17-8-9(14-6-10-3-2-4-18-10)7-15-12(16)5-11(13)19-15/h2-6,8H,7H2,1H3/b9-8-,14-6?. The number of aromatic nitrogens is 1. The van der Waals surface area contributed by atoms with E-state index in [2.05, 4.69) is 4.99 Å². The number of hydrogen-bond donors (Lipinski definition) is 0. The van der Waals surface area contributed by atoms with Crippen molar-refractivity contribution < 1.29 is 0 Å². The van der Waals surface area contributed by atoms with E-state index in [0.29, 0.717) is 10.9 Å². The molecule has 0 unspecified atom stereocenters. The first-order valence-electron chi connectivity index (χ1n) is 5.35. The summed E-state index contributed by atoms with van der Waals surface area (Å²) in [6.45, 7) is 0.443. The van der Waals surface area contributed by atoms with Gasteiger partial charge in [-0.05, 0) is 34.6 Å². The van der Waals surface area contributed by atoms with Crippen LogP contribution in [0.1, 0.15) is 4.88 Å². The molecule has 0 N–H and O–H groups in total. The van der Waals surface area contributed by atoms with Gasteiger partial charge in [0.2, 0.25) is 0 Å². The van der Waals surface area contributed by atoms with Crippen molar-refractivity contribution in [3.05, 3.63) is 54.3 Å². The number of aliphatic imine (C=N–C) groups is 1. The van der Waals surface area contributed by atoms with Crippen molar-refractivity contribution in [1.82, 2.24) is 3.96 Å². The minimum Gasteiger partial charge on any atom is -0.268 e. The van der Waals surface area contributed by atoms with E-state index in [1.54, 1.807) is 27.1 Å². The Morgan fingerprint density at radius 3 is 3.05 bits per heavy atom. The maximum atomic E-state index is 11.6. The largest absolute Gasteiger partial charge is 0.268 e. The van der Waals surface area contributed by atoms with E-state index in [1.807, 2.05) is 35.4 Å². The van der Waals surface area contributed by atoms with Crippen molar-refractivity contribution in [2.75, 3.05) is 6.26 Å². The molecular weight excluding hydrogens is 320 g/mol. The summed E-state index contributed by atoms with van der Waals surface area (Å²) in [5.74, 6) is 0. The molecule has 0 spiro atoms. The van der Waals surface area contributed by atoms with Gasteiger partial charge in [0.15, 0.2) is 0 Å². The average molecular weight is 331 g/mol. The Bertz CT molecular complexity index is 640. The van der Waals surface area contributed by atoms with Crippen LogP contribution in [0.4, 0.5) is 0 Å². The zero-order valence-corrected chi connectivity index (χ0v) is 13.3. The van der Waals surface area contributed by atoms with E-state index < -0.39 is 0 Å². The molecular formula is C12H11ClN2OS3. The predicted octanol–water partition coefficient (Wildman–Crippen LogP) is 3.95. The number of hydrogen-bond acceptors (Lipinski definition) is 5. The van der Waals surface area contributed by atoms with Crippen LogP contribution in [0.5, 0.6) is 0 Å². The molecule has 0 atom stereocenters. The zero-order valence-electron chi connectivity index (χ0n) is 10.1. The molecule has 7 heteroatoms. The zero-order chi connectivity index (χ0) is 13.7. The number of allylic oxidation sites excluding steroid dienone is 1. The van der Waals surface area contributed by atoms with E-state index >= 15 is 0 Å². The first-order valence-corrected chi connectivity index (χ1v) is 8.67. The molecule has 0 radical (unpaired) electrons. The second kappa shape index (κ2) is 7.09. The van der Waals surface area contributed by atoms with Gasteiger partial charge < -0.3 is 0 Å². The lowest BCUT2D eigenvalue weighted by Gasteiger charge is -2.01. The highest BCUT2D eigenvalue weighted by Gasteiger charge is 2.04. The van der Waals surface area contributed by atoms with E-state index in [9.17, 15) is 4.79 Å². The highest BCUT2D eigenvalue weighted by atomic mass is 35.5. The summed E-state index contributed by atoms with van der Waals surface area (Å²) in [6.07, 6.45) is 3.78. The highest BCUT2D eigenvalue weighted by molar-refractivity contribution is 8.01. The van der Waals surface area contributed by atoms with Crippen LogP contribution in [-0.2, 0) is 6.54 Å². The SMILES string of the molecule is CS/C=C(/Cn1sc(Cl)cc1=O)N=Cc1cccs1. The molecule has 0 aliphatic rings. The van der Waals surface area contributed by atoms with Gasteiger partial charge in [-0.25, -0.2) is 0 Å². The van der Waals surface area contributed by atoms with Crippen LogP contribution in [0.2, 0.25) is 4.34 Å². The maximum Gasteiger partial charge on any atom is 0.262 e. The van der Waals surface area contributed by atoms with Gasteiger partial charge in [-0.15, -0.1) is 23.1 Å². The second-order valence-electron chi connectivity index (χ2n) is 3.53. The summed E-state index contributed by atoms with van der Waals surface area (Å²) in [7, 11) is 0. The molecule has 0 aliphatic heterocycles. The smallest absolute Gasteiger partial charge is 0.262 e. The minimum atomic E-state index is -0.0895. The molecule has 19 heavy (non-hydrogen) atoms. The van der Waals surface area contributed by atoms with Crippen LogP contribution in [-0.4, -0.2) is 16.4 Å². The summed E-state index contributed by atoms with van der Waals surface area (Å²) < 4.78 is 2.09. The number of halogens is 1. The normalized spacial score (nSPS) is 12.4. The van der Waals surface area contributed by atoms with Gasteiger partial charge in [-0.3, -0.25) is 13.7 Å². The lowest BCUT2D eigenvalue weighted by atomic mass is 10.4. The molecule has 2 aromatic heterocycles. The molecule has 0 bridgehead atoms. The predicted molar refractivity (Wildman–Crippen MR) is 87.1 cm³/mol. The van der Waals surface area contributed by atoms with Crippen LogP contribution in [0.3, 0.4) is 0 Å². The molecule has 0 fully saturated rings. The van der Waals surface area contributed by atoms with Gasteiger partial charge in [0, 0.05) is 17.2 Å². The van der Waals surface area contributed by atoms with E-state index in [-0.39, 0.29) is 5.56 Å². The number of thioether (sulfide) groups is 1. The lowest BCUT2D eigenvalue weighted by molar-refractivity contribution is 0.825. The maximum absolute atomic E-state index is 11.6.